The molecule has 0 bridgehead atoms. The van der Waals surface area contributed by atoms with Gasteiger partial charge in [0.05, 0.1) is 11.6 Å². The lowest BCUT2D eigenvalue weighted by molar-refractivity contribution is -0.124. The normalized spacial score (nSPS) is 18.2. The van der Waals surface area contributed by atoms with Gasteiger partial charge in [0.25, 0.3) is 5.91 Å². The molecule has 1 amide bonds. The molecular weight excluding hydrogens is 495 g/mol. The molecule has 5 nitrogen and oxygen atoms in total. The molecule has 2 aromatic carbocycles. The van der Waals surface area contributed by atoms with Crippen molar-refractivity contribution in [2.75, 3.05) is 7.11 Å². The van der Waals surface area contributed by atoms with Crippen molar-refractivity contribution in [3.8, 4) is 11.5 Å². The fraction of sp³-hybridized carbons (Fsp3) is 0.333. The highest BCUT2D eigenvalue weighted by molar-refractivity contribution is 9.10. The molecular formula is C24H24BrFN2O3S. The molecule has 1 saturated heterocycles. The Morgan fingerprint density at radius 3 is 2.62 bits per heavy atom. The zero-order valence-electron chi connectivity index (χ0n) is 17.7. The Balaban J connectivity index is 1.53. The first-order valence-electron chi connectivity index (χ1n) is 10.6. The van der Waals surface area contributed by atoms with Crippen molar-refractivity contribution >= 4 is 45.2 Å². The van der Waals surface area contributed by atoms with Gasteiger partial charge < -0.3 is 14.8 Å². The second-order valence-corrected chi connectivity index (χ2v) is 9.15. The average molecular weight is 519 g/mol. The highest BCUT2D eigenvalue weighted by Crippen LogP contribution is 2.38. The molecule has 168 valence electrons. The van der Waals surface area contributed by atoms with Crippen LogP contribution in [0.5, 0.6) is 11.5 Å². The van der Waals surface area contributed by atoms with E-state index in [4.69, 9.17) is 21.7 Å². The van der Waals surface area contributed by atoms with Gasteiger partial charge in [0, 0.05) is 6.04 Å². The number of amides is 1. The molecule has 0 spiro atoms. The number of thiocarbonyl (C=S) groups is 1. The third kappa shape index (κ3) is 4.96. The summed E-state index contributed by atoms with van der Waals surface area (Å²) in [6.45, 7) is 0.264. The molecule has 8 heteroatoms. The minimum absolute atomic E-state index is 0.0892. The van der Waals surface area contributed by atoms with E-state index in [1.165, 1.54) is 18.6 Å². The van der Waals surface area contributed by atoms with Crippen LogP contribution in [0, 0.1) is 5.82 Å². The molecule has 1 N–H and O–H groups in total. The molecule has 32 heavy (non-hydrogen) atoms. The van der Waals surface area contributed by atoms with Crippen LogP contribution in [0.1, 0.15) is 43.2 Å². The predicted octanol–water partition coefficient (Wildman–Crippen LogP) is 5.57. The van der Waals surface area contributed by atoms with Crippen molar-refractivity contribution in [3.63, 3.8) is 0 Å². The lowest BCUT2D eigenvalue weighted by Crippen LogP contribution is -2.41. The zero-order chi connectivity index (χ0) is 22.7. The second kappa shape index (κ2) is 10.0. The SMILES string of the molecule is COc1cc(/C=C2\NC(=S)N(C3CCCCC3)C2=O)cc(Br)c1OCc1ccc(F)cc1. The Morgan fingerprint density at radius 2 is 1.94 bits per heavy atom. The van der Waals surface area contributed by atoms with Gasteiger partial charge in [0.15, 0.2) is 16.6 Å². The standard InChI is InChI=1S/C24H24BrFN2O3S/c1-30-21-13-16(11-19(25)22(21)31-14-15-7-9-17(26)10-8-15)12-20-23(29)28(24(32)27-20)18-5-3-2-4-6-18/h7-13,18H,2-6,14H2,1H3,(H,27,32)/b20-12-. The van der Waals surface area contributed by atoms with Crippen molar-refractivity contribution in [2.24, 2.45) is 0 Å². The van der Waals surface area contributed by atoms with Gasteiger partial charge in [0.1, 0.15) is 18.1 Å². The van der Waals surface area contributed by atoms with E-state index in [9.17, 15) is 9.18 Å². The van der Waals surface area contributed by atoms with Crippen LogP contribution in [0.4, 0.5) is 4.39 Å². The predicted molar refractivity (Wildman–Crippen MR) is 129 cm³/mol. The maximum atomic E-state index is 13.1. The summed E-state index contributed by atoms with van der Waals surface area (Å²) in [5, 5.41) is 3.54. The highest BCUT2D eigenvalue weighted by atomic mass is 79.9. The van der Waals surface area contributed by atoms with Crippen LogP contribution in [0.15, 0.2) is 46.6 Å². The number of carbonyl (C=O) groups excluding carboxylic acids is 1. The fourth-order valence-corrected chi connectivity index (χ4v) is 5.00. The topological polar surface area (TPSA) is 50.8 Å². The van der Waals surface area contributed by atoms with Gasteiger partial charge in [-0.15, -0.1) is 0 Å². The Hall–Kier alpha value is -2.45. The summed E-state index contributed by atoms with van der Waals surface area (Å²) in [6.07, 6.45) is 7.21. The van der Waals surface area contributed by atoms with Crippen LogP contribution >= 0.6 is 28.1 Å². The highest BCUT2D eigenvalue weighted by Gasteiger charge is 2.36. The minimum atomic E-state index is -0.290. The van der Waals surface area contributed by atoms with Crippen LogP contribution in [0.2, 0.25) is 0 Å². The van der Waals surface area contributed by atoms with Gasteiger partial charge in [-0.25, -0.2) is 4.39 Å². The first-order chi connectivity index (χ1) is 15.5. The number of ether oxygens (including phenoxy) is 2. The Morgan fingerprint density at radius 1 is 1.22 bits per heavy atom. The van der Waals surface area contributed by atoms with E-state index in [2.05, 4.69) is 21.2 Å². The van der Waals surface area contributed by atoms with Gasteiger partial charge in [-0.3, -0.25) is 9.69 Å². The Labute approximate surface area is 200 Å². The van der Waals surface area contributed by atoms with Crippen LogP contribution in [-0.4, -0.2) is 29.1 Å². The molecule has 1 saturated carbocycles. The molecule has 4 rings (SSSR count). The van der Waals surface area contributed by atoms with E-state index in [0.29, 0.717) is 26.8 Å². The van der Waals surface area contributed by atoms with Crippen LogP contribution in [0.25, 0.3) is 6.08 Å². The maximum Gasteiger partial charge on any atom is 0.276 e. The number of nitrogens with one attached hydrogen (secondary N) is 1. The van der Waals surface area contributed by atoms with Gasteiger partial charge in [-0.2, -0.15) is 0 Å². The molecule has 0 unspecified atom stereocenters. The van der Waals surface area contributed by atoms with Crippen LogP contribution < -0.4 is 14.8 Å². The first-order valence-corrected chi connectivity index (χ1v) is 11.8. The number of halogens is 2. The van der Waals surface area contributed by atoms with E-state index < -0.39 is 0 Å². The van der Waals surface area contributed by atoms with Crippen molar-refractivity contribution in [2.45, 2.75) is 44.8 Å². The Kier molecular flexibility index (Phi) is 7.10. The van der Waals surface area contributed by atoms with Gasteiger partial charge in [-0.05, 0) is 82.5 Å². The molecule has 2 fully saturated rings. The lowest BCUT2D eigenvalue weighted by Gasteiger charge is -2.29. The van der Waals surface area contributed by atoms with Crippen LogP contribution in [-0.2, 0) is 11.4 Å². The molecule has 0 atom stereocenters. The van der Waals surface area contributed by atoms with Gasteiger partial charge in [-0.1, -0.05) is 31.4 Å². The van der Waals surface area contributed by atoms with E-state index in [0.717, 1.165) is 36.8 Å². The van der Waals surface area contributed by atoms with E-state index >= 15 is 0 Å². The summed E-state index contributed by atoms with van der Waals surface area (Å²) >= 11 is 8.99. The number of rotatable bonds is 6. The van der Waals surface area contributed by atoms with Crippen molar-refractivity contribution in [1.82, 2.24) is 10.2 Å². The molecule has 0 aromatic heterocycles. The zero-order valence-corrected chi connectivity index (χ0v) is 20.1. The van der Waals surface area contributed by atoms with E-state index in [1.54, 1.807) is 36.3 Å². The smallest absolute Gasteiger partial charge is 0.276 e. The number of methoxy groups -OCH3 is 1. The number of benzene rings is 2. The van der Waals surface area contributed by atoms with Crippen molar-refractivity contribution in [1.29, 1.82) is 0 Å². The third-order valence-electron chi connectivity index (χ3n) is 5.71. The number of hydrogen-bond acceptors (Lipinski definition) is 4. The monoisotopic (exact) mass is 518 g/mol. The van der Waals surface area contributed by atoms with Gasteiger partial charge in [0.2, 0.25) is 0 Å². The maximum absolute atomic E-state index is 13.1. The molecule has 2 aliphatic rings. The summed E-state index contributed by atoms with van der Waals surface area (Å²) in [5.74, 6) is 0.671. The number of nitrogens with zero attached hydrogens (tertiary/aromatic N) is 1. The summed E-state index contributed by atoms with van der Waals surface area (Å²) in [4.78, 5) is 14.8. The van der Waals surface area contributed by atoms with Crippen LogP contribution in [0.3, 0.4) is 0 Å². The van der Waals surface area contributed by atoms with Crippen molar-refractivity contribution < 1.29 is 18.7 Å². The molecule has 0 radical (unpaired) electrons. The molecule has 1 heterocycles. The summed E-state index contributed by atoms with van der Waals surface area (Å²) in [7, 11) is 1.56. The average Bonchev–Trinajstić information content (AvgIpc) is 3.07. The summed E-state index contributed by atoms with van der Waals surface area (Å²) in [6, 6.07) is 9.97. The fourth-order valence-electron chi connectivity index (χ4n) is 4.09. The van der Waals surface area contributed by atoms with Gasteiger partial charge >= 0.3 is 0 Å². The molecule has 1 aliphatic heterocycles. The quantitative estimate of drug-likeness (QED) is 0.400. The minimum Gasteiger partial charge on any atom is -0.493 e. The molecule has 1 aliphatic carbocycles. The third-order valence-corrected chi connectivity index (χ3v) is 6.60. The largest absolute Gasteiger partial charge is 0.493 e. The Bertz CT molecular complexity index is 1050. The van der Waals surface area contributed by atoms with E-state index in [1.807, 2.05) is 6.07 Å². The van der Waals surface area contributed by atoms with E-state index in [-0.39, 0.29) is 24.4 Å². The summed E-state index contributed by atoms with van der Waals surface area (Å²) < 4.78 is 25.2. The first kappa shape index (κ1) is 22.7. The number of carbonyl (C=O) groups is 1. The van der Waals surface area contributed by atoms with Crippen molar-refractivity contribution in [3.05, 3.63) is 63.5 Å². The lowest BCUT2D eigenvalue weighted by atomic mass is 9.94. The molecule has 2 aromatic rings. The second-order valence-electron chi connectivity index (χ2n) is 7.90. The number of hydrogen-bond donors (Lipinski definition) is 1. The summed E-state index contributed by atoms with van der Waals surface area (Å²) in [5.41, 5.74) is 2.06.